The first-order chi connectivity index (χ1) is 22.5. The Morgan fingerprint density at radius 2 is 0.896 bits per heavy atom. The summed E-state index contributed by atoms with van der Waals surface area (Å²) in [6.45, 7) is -0.758. The number of ether oxygens (including phenoxy) is 2. The molecule has 0 radical (unpaired) electrons. The maximum absolute atomic E-state index is 13.0. The Hall–Kier alpha value is -3.70. The van der Waals surface area contributed by atoms with Gasteiger partial charge in [-0.1, -0.05) is 21.6 Å². The SMILES string of the molecule is COC[C@@H](NC(=O)C(CSSCC(NC(=O)CCC[C@H](N)C(=O)O)C(=O)N[C@H](COC)C(=O)O)NC(=O)CCC[C@H](N)C(=O)O)C(=O)O. The molecule has 0 aliphatic carbocycles. The summed E-state index contributed by atoms with van der Waals surface area (Å²) in [6, 6.07) is -7.89. The van der Waals surface area contributed by atoms with Crippen molar-refractivity contribution in [2.45, 2.75) is 74.8 Å². The zero-order valence-corrected chi connectivity index (χ0v) is 28.0. The van der Waals surface area contributed by atoms with Crippen LogP contribution in [0.4, 0.5) is 0 Å². The lowest BCUT2D eigenvalue weighted by atomic mass is 10.1. The first kappa shape index (κ1) is 44.3. The number of hydrogen-bond acceptors (Lipinski definition) is 14. The van der Waals surface area contributed by atoms with E-state index in [-0.39, 0.29) is 63.2 Å². The molecule has 48 heavy (non-hydrogen) atoms. The molecular formula is C26H44N6O14S2. The summed E-state index contributed by atoms with van der Waals surface area (Å²) >= 11 is 0. The molecule has 0 spiro atoms. The number of carboxylic acids is 4. The summed E-state index contributed by atoms with van der Waals surface area (Å²) in [4.78, 5) is 95.8. The molecule has 0 heterocycles. The molecule has 0 rings (SSSR count). The van der Waals surface area contributed by atoms with E-state index in [1.807, 2.05) is 0 Å². The molecule has 20 nitrogen and oxygen atoms in total. The Labute approximate surface area is 283 Å². The van der Waals surface area contributed by atoms with Gasteiger partial charge in [0.25, 0.3) is 0 Å². The van der Waals surface area contributed by atoms with Crippen LogP contribution in [-0.4, -0.2) is 143 Å². The van der Waals surface area contributed by atoms with E-state index < -0.39 is 83.8 Å². The topological polar surface area (TPSA) is 336 Å². The standard InChI is InChI=1S/C26H44N6O14S2/c1-45-9-15(25(41)42)31-21(35)17(29-19(33)7-3-5-13(27)23(37)38)11-47-48-12-18(22(36)32-16(10-46-2)26(43)44)30-20(34)8-4-6-14(28)24(39)40/h13-18H,3-12,27-28H2,1-2H3,(H,29,33)(H,30,34)(H,31,35)(H,32,36)(H,37,38)(H,39,40)(H,41,42)(H,43,44)/t13-,14-,15+,16+,17?,18?/m0/s1. The van der Waals surface area contributed by atoms with Gasteiger partial charge in [0.2, 0.25) is 23.6 Å². The third-order valence-electron chi connectivity index (χ3n) is 6.22. The van der Waals surface area contributed by atoms with E-state index in [1.165, 1.54) is 14.2 Å². The van der Waals surface area contributed by atoms with Crippen molar-refractivity contribution in [1.29, 1.82) is 0 Å². The number of carbonyl (C=O) groups is 8. The third kappa shape index (κ3) is 19.2. The van der Waals surface area contributed by atoms with E-state index in [4.69, 9.17) is 31.2 Å². The molecule has 0 aliphatic rings. The number of amides is 4. The van der Waals surface area contributed by atoms with Crippen LogP contribution < -0.4 is 32.7 Å². The van der Waals surface area contributed by atoms with E-state index in [1.54, 1.807) is 0 Å². The van der Waals surface area contributed by atoms with Gasteiger partial charge < -0.3 is 62.6 Å². The van der Waals surface area contributed by atoms with E-state index in [0.717, 1.165) is 21.6 Å². The van der Waals surface area contributed by atoms with Crippen LogP contribution in [0.15, 0.2) is 0 Å². The Morgan fingerprint density at radius 3 is 1.17 bits per heavy atom. The maximum Gasteiger partial charge on any atom is 0.328 e. The fraction of sp³-hybridized carbons (Fsp3) is 0.692. The van der Waals surface area contributed by atoms with Gasteiger partial charge in [-0.05, 0) is 25.7 Å². The summed E-state index contributed by atoms with van der Waals surface area (Å²) in [5.74, 6) is -8.71. The molecule has 0 saturated carbocycles. The fourth-order valence-electron chi connectivity index (χ4n) is 3.57. The second-order valence-corrected chi connectivity index (χ2v) is 12.7. The summed E-state index contributed by atoms with van der Waals surface area (Å²) in [7, 11) is 4.36. The van der Waals surface area contributed by atoms with Gasteiger partial charge in [-0.3, -0.25) is 28.8 Å². The van der Waals surface area contributed by atoms with Gasteiger partial charge >= 0.3 is 23.9 Å². The molecular weight excluding hydrogens is 684 g/mol. The highest BCUT2D eigenvalue weighted by molar-refractivity contribution is 8.76. The van der Waals surface area contributed by atoms with Crippen molar-refractivity contribution in [3.05, 3.63) is 0 Å². The van der Waals surface area contributed by atoms with Crippen LogP contribution in [-0.2, 0) is 47.8 Å². The molecule has 6 atom stereocenters. The molecule has 0 fully saturated rings. The van der Waals surface area contributed by atoms with Crippen molar-refractivity contribution in [1.82, 2.24) is 21.3 Å². The van der Waals surface area contributed by atoms with Crippen LogP contribution in [0.1, 0.15) is 38.5 Å². The number of carboxylic acid groups (broad SMARTS) is 4. The second-order valence-electron chi connectivity index (χ2n) is 10.2. The minimum absolute atomic E-state index is 0.0200. The van der Waals surface area contributed by atoms with Gasteiger partial charge in [-0.15, -0.1) is 0 Å². The number of methoxy groups -OCH3 is 2. The molecule has 0 aromatic heterocycles. The number of hydrogen-bond donors (Lipinski definition) is 10. The molecule has 12 N–H and O–H groups in total. The Morgan fingerprint density at radius 1 is 0.562 bits per heavy atom. The first-order valence-corrected chi connectivity index (χ1v) is 16.9. The van der Waals surface area contributed by atoms with Crippen molar-refractivity contribution in [2.75, 3.05) is 38.9 Å². The predicted molar refractivity (Wildman–Crippen MR) is 171 cm³/mol. The normalized spacial score (nSPS) is 14.7. The monoisotopic (exact) mass is 728 g/mol. The van der Waals surface area contributed by atoms with Crippen LogP contribution in [0.25, 0.3) is 0 Å². The summed E-state index contributed by atoms with van der Waals surface area (Å²) < 4.78 is 9.61. The zero-order chi connectivity index (χ0) is 36.8. The lowest BCUT2D eigenvalue weighted by Gasteiger charge is -2.22. The lowest BCUT2D eigenvalue weighted by Crippen LogP contribution is -2.54. The largest absolute Gasteiger partial charge is 0.480 e. The van der Waals surface area contributed by atoms with Crippen molar-refractivity contribution < 1.29 is 68.3 Å². The van der Waals surface area contributed by atoms with Crippen LogP contribution in [0, 0.1) is 0 Å². The zero-order valence-electron chi connectivity index (χ0n) is 26.4. The molecule has 4 amide bonds. The van der Waals surface area contributed by atoms with E-state index >= 15 is 0 Å². The van der Waals surface area contributed by atoms with Crippen molar-refractivity contribution in [3.8, 4) is 0 Å². The first-order valence-electron chi connectivity index (χ1n) is 14.4. The smallest absolute Gasteiger partial charge is 0.328 e. The van der Waals surface area contributed by atoms with E-state index in [9.17, 15) is 48.6 Å². The van der Waals surface area contributed by atoms with Crippen LogP contribution in [0.5, 0.6) is 0 Å². The predicted octanol–water partition coefficient (Wildman–Crippen LogP) is -3.07. The molecule has 22 heteroatoms. The summed E-state index contributed by atoms with van der Waals surface area (Å²) in [5.41, 5.74) is 10.9. The Bertz CT molecular complexity index is 1030. The average Bonchev–Trinajstić information content (AvgIpc) is 3.00. The average molecular weight is 729 g/mol. The number of aliphatic carboxylic acids is 4. The van der Waals surface area contributed by atoms with Crippen molar-refractivity contribution >= 4 is 69.1 Å². The van der Waals surface area contributed by atoms with Gasteiger partial charge in [-0.25, -0.2) is 9.59 Å². The van der Waals surface area contributed by atoms with Crippen LogP contribution in [0.2, 0.25) is 0 Å². The molecule has 0 bridgehead atoms. The van der Waals surface area contributed by atoms with Crippen LogP contribution >= 0.6 is 21.6 Å². The summed E-state index contributed by atoms with van der Waals surface area (Å²) in [6.07, 6.45) is -0.268. The highest BCUT2D eigenvalue weighted by Crippen LogP contribution is 2.23. The molecule has 0 aromatic rings. The van der Waals surface area contributed by atoms with Gasteiger partial charge in [-0.2, -0.15) is 0 Å². The molecule has 274 valence electrons. The number of carbonyl (C=O) groups excluding carboxylic acids is 4. The molecule has 2 unspecified atom stereocenters. The second kappa shape index (κ2) is 24.4. The van der Waals surface area contributed by atoms with Crippen molar-refractivity contribution in [2.24, 2.45) is 11.5 Å². The number of rotatable bonds is 27. The Kier molecular flexibility index (Phi) is 22.6. The lowest BCUT2D eigenvalue weighted by molar-refractivity contribution is -0.144. The Balaban J connectivity index is 5.62. The highest BCUT2D eigenvalue weighted by Gasteiger charge is 2.29. The molecule has 0 saturated heterocycles. The van der Waals surface area contributed by atoms with Gasteiger partial charge in [0.1, 0.15) is 24.2 Å². The third-order valence-corrected chi connectivity index (χ3v) is 8.65. The van der Waals surface area contributed by atoms with E-state index in [0.29, 0.717) is 0 Å². The minimum atomic E-state index is -1.45. The summed E-state index contributed by atoms with van der Waals surface area (Å²) in [5, 5.41) is 45.9. The van der Waals surface area contributed by atoms with Gasteiger partial charge in [0.05, 0.1) is 13.2 Å². The fourth-order valence-corrected chi connectivity index (χ4v) is 5.90. The minimum Gasteiger partial charge on any atom is -0.480 e. The van der Waals surface area contributed by atoms with E-state index in [2.05, 4.69) is 21.3 Å². The van der Waals surface area contributed by atoms with Crippen molar-refractivity contribution in [3.63, 3.8) is 0 Å². The highest BCUT2D eigenvalue weighted by atomic mass is 33.1. The number of nitrogens with two attached hydrogens (primary N) is 2. The van der Waals surface area contributed by atoms with Gasteiger partial charge in [0, 0.05) is 38.6 Å². The molecule has 0 aliphatic heterocycles. The quantitative estimate of drug-likeness (QED) is 0.0296. The maximum atomic E-state index is 13.0. The number of nitrogens with one attached hydrogen (secondary N) is 4. The van der Waals surface area contributed by atoms with Gasteiger partial charge in [0.15, 0.2) is 12.1 Å². The van der Waals surface area contributed by atoms with Crippen LogP contribution in [0.3, 0.4) is 0 Å². The molecule has 0 aromatic carbocycles.